The number of benzene rings is 1. The average Bonchev–Trinajstić information content (AvgIpc) is 2.35. The Hall–Kier alpha value is -1.56. The molecule has 19 heavy (non-hydrogen) atoms. The highest BCUT2D eigenvalue weighted by Crippen LogP contribution is 2.26. The number of hydrogen-bond donors (Lipinski definition) is 2. The van der Waals surface area contributed by atoms with Crippen LogP contribution in [0, 0.1) is 13.8 Å². The van der Waals surface area contributed by atoms with Gasteiger partial charge in [-0.1, -0.05) is 15.9 Å². The zero-order valence-electron chi connectivity index (χ0n) is 11.3. The average molecular weight is 329 g/mol. The molecule has 1 aromatic rings. The molecule has 0 bridgehead atoms. The Morgan fingerprint density at radius 1 is 1.26 bits per heavy atom. The predicted octanol–water partition coefficient (Wildman–Crippen LogP) is 2.29. The Kier molecular flexibility index (Phi) is 5.35. The van der Waals surface area contributed by atoms with Crippen LogP contribution < -0.4 is 15.4 Å². The fourth-order valence-electron chi connectivity index (χ4n) is 1.51. The highest BCUT2D eigenvalue weighted by molar-refractivity contribution is 9.10. The van der Waals surface area contributed by atoms with Crippen molar-refractivity contribution in [3.8, 4) is 5.75 Å². The van der Waals surface area contributed by atoms with Crippen molar-refractivity contribution in [1.82, 2.24) is 10.6 Å². The molecule has 0 fully saturated rings. The van der Waals surface area contributed by atoms with Crippen LogP contribution in [0.4, 0.5) is 4.79 Å². The third-order valence-electron chi connectivity index (χ3n) is 2.56. The lowest BCUT2D eigenvalue weighted by atomic mass is 10.1. The third-order valence-corrected chi connectivity index (χ3v) is 3.81. The van der Waals surface area contributed by atoms with Gasteiger partial charge in [-0.3, -0.25) is 10.1 Å². The van der Waals surface area contributed by atoms with Gasteiger partial charge in [-0.2, -0.15) is 0 Å². The molecule has 5 nitrogen and oxygen atoms in total. The molecular weight excluding hydrogens is 312 g/mol. The molecular formula is C13H17BrN2O3. The topological polar surface area (TPSA) is 67.4 Å². The molecule has 0 saturated carbocycles. The number of aryl methyl sites for hydroxylation is 2. The fourth-order valence-corrected chi connectivity index (χ4v) is 1.74. The summed E-state index contributed by atoms with van der Waals surface area (Å²) in [6.45, 7) is 5.48. The van der Waals surface area contributed by atoms with Crippen LogP contribution in [0.2, 0.25) is 0 Å². The van der Waals surface area contributed by atoms with Crippen molar-refractivity contribution in [3.05, 3.63) is 27.7 Å². The van der Waals surface area contributed by atoms with E-state index in [0.29, 0.717) is 5.75 Å². The number of carbonyl (C=O) groups is 2. The van der Waals surface area contributed by atoms with Crippen molar-refractivity contribution >= 4 is 27.9 Å². The van der Waals surface area contributed by atoms with E-state index in [-0.39, 0.29) is 0 Å². The lowest BCUT2D eigenvalue weighted by molar-refractivity contribution is -0.126. The standard InChI is InChI=1S/C13H17BrN2O3/c1-7-5-10(6-8(2)11(7)14)19-9(3)12(17)16-13(18)15-4/h5-6,9H,1-4H3,(H2,15,16,17,18). The zero-order valence-corrected chi connectivity index (χ0v) is 12.9. The Labute approximate surface area is 120 Å². The number of nitrogens with one attached hydrogen (secondary N) is 2. The first-order chi connectivity index (χ1) is 8.85. The Bertz CT molecular complexity index is 480. The van der Waals surface area contributed by atoms with Gasteiger partial charge >= 0.3 is 6.03 Å². The number of amides is 3. The van der Waals surface area contributed by atoms with E-state index in [1.54, 1.807) is 6.92 Å². The van der Waals surface area contributed by atoms with Crippen LogP contribution in [0.1, 0.15) is 18.1 Å². The lowest BCUT2D eigenvalue weighted by Gasteiger charge is -2.15. The van der Waals surface area contributed by atoms with Gasteiger partial charge in [0, 0.05) is 11.5 Å². The summed E-state index contributed by atoms with van der Waals surface area (Å²) in [6, 6.07) is 3.12. The minimum Gasteiger partial charge on any atom is -0.481 e. The van der Waals surface area contributed by atoms with Crippen molar-refractivity contribution in [3.63, 3.8) is 0 Å². The summed E-state index contributed by atoms with van der Waals surface area (Å²) in [5, 5.41) is 4.47. The molecule has 1 atom stereocenters. The molecule has 104 valence electrons. The molecule has 1 unspecified atom stereocenters. The quantitative estimate of drug-likeness (QED) is 0.894. The van der Waals surface area contributed by atoms with Crippen LogP contribution in [0.3, 0.4) is 0 Å². The number of urea groups is 1. The molecule has 2 N–H and O–H groups in total. The van der Waals surface area contributed by atoms with Crippen LogP contribution in [0.5, 0.6) is 5.75 Å². The van der Waals surface area contributed by atoms with Crippen LogP contribution in [-0.2, 0) is 4.79 Å². The van der Waals surface area contributed by atoms with Gasteiger partial charge in [0.25, 0.3) is 5.91 Å². The normalized spacial score (nSPS) is 11.6. The van der Waals surface area contributed by atoms with Gasteiger partial charge in [0.1, 0.15) is 5.75 Å². The van der Waals surface area contributed by atoms with Gasteiger partial charge in [-0.05, 0) is 44.0 Å². The van der Waals surface area contributed by atoms with Crippen LogP contribution in [-0.4, -0.2) is 25.1 Å². The maximum atomic E-state index is 11.6. The van der Waals surface area contributed by atoms with Crippen molar-refractivity contribution in [1.29, 1.82) is 0 Å². The first-order valence-corrected chi connectivity index (χ1v) is 6.60. The highest BCUT2D eigenvalue weighted by Gasteiger charge is 2.17. The van der Waals surface area contributed by atoms with Gasteiger partial charge < -0.3 is 10.1 Å². The van der Waals surface area contributed by atoms with E-state index in [4.69, 9.17) is 4.74 Å². The Morgan fingerprint density at radius 3 is 2.26 bits per heavy atom. The molecule has 0 aliphatic heterocycles. The predicted molar refractivity (Wildman–Crippen MR) is 76.3 cm³/mol. The van der Waals surface area contributed by atoms with E-state index >= 15 is 0 Å². The van der Waals surface area contributed by atoms with Gasteiger partial charge in [0.05, 0.1) is 0 Å². The number of imide groups is 1. The Balaban J connectivity index is 2.74. The molecule has 3 amide bonds. The smallest absolute Gasteiger partial charge is 0.321 e. The molecule has 0 aromatic heterocycles. The molecule has 0 radical (unpaired) electrons. The lowest BCUT2D eigenvalue weighted by Crippen LogP contribution is -2.43. The molecule has 6 heteroatoms. The summed E-state index contributed by atoms with van der Waals surface area (Å²) < 4.78 is 6.54. The maximum Gasteiger partial charge on any atom is 0.321 e. The summed E-state index contributed by atoms with van der Waals surface area (Å²) in [5.74, 6) is 0.107. The number of halogens is 1. The molecule has 1 rings (SSSR count). The van der Waals surface area contributed by atoms with Crippen molar-refractivity contribution in [2.24, 2.45) is 0 Å². The summed E-state index contributed by atoms with van der Waals surface area (Å²) in [7, 11) is 1.44. The second-order valence-electron chi connectivity index (χ2n) is 4.20. The first kappa shape index (κ1) is 15.5. The minimum atomic E-state index is -0.753. The van der Waals surface area contributed by atoms with Crippen LogP contribution in [0.25, 0.3) is 0 Å². The van der Waals surface area contributed by atoms with E-state index in [1.165, 1.54) is 7.05 Å². The monoisotopic (exact) mass is 328 g/mol. The molecule has 0 spiro atoms. The van der Waals surface area contributed by atoms with E-state index in [2.05, 4.69) is 26.6 Å². The number of hydrogen-bond acceptors (Lipinski definition) is 3. The highest BCUT2D eigenvalue weighted by atomic mass is 79.9. The SMILES string of the molecule is CNC(=O)NC(=O)C(C)Oc1cc(C)c(Br)c(C)c1. The van der Waals surface area contributed by atoms with Gasteiger partial charge in [0.2, 0.25) is 0 Å². The van der Waals surface area contributed by atoms with E-state index in [9.17, 15) is 9.59 Å². The van der Waals surface area contributed by atoms with E-state index in [1.807, 2.05) is 26.0 Å². The second-order valence-corrected chi connectivity index (χ2v) is 4.99. The van der Waals surface area contributed by atoms with Crippen molar-refractivity contribution in [2.45, 2.75) is 26.9 Å². The van der Waals surface area contributed by atoms with Crippen molar-refractivity contribution < 1.29 is 14.3 Å². The summed E-state index contributed by atoms with van der Waals surface area (Å²) in [4.78, 5) is 22.7. The van der Waals surface area contributed by atoms with Gasteiger partial charge in [-0.15, -0.1) is 0 Å². The first-order valence-electron chi connectivity index (χ1n) is 5.81. The number of rotatable bonds is 3. The third kappa shape index (κ3) is 4.24. The minimum absolute atomic E-state index is 0.488. The van der Waals surface area contributed by atoms with Crippen molar-refractivity contribution in [2.75, 3.05) is 7.05 Å². The van der Waals surface area contributed by atoms with Crippen LogP contribution >= 0.6 is 15.9 Å². The molecule has 1 aromatic carbocycles. The molecule has 0 aliphatic rings. The number of ether oxygens (including phenoxy) is 1. The number of carbonyl (C=O) groups excluding carboxylic acids is 2. The zero-order chi connectivity index (χ0) is 14.6. The van der Waals surface area contributed by atoms with Gasteiger partial charge in [0.15, 0.2) is 6.10 Å². The molecule has 0 aliphatic carbocycles. The van der Waals surface area contributed by atoms with Gasteiger partial charge in [-0.25, -0.2) is 4.79 Å². The summed E-state index contributed by atoms with van der Waals surface area (Å²) >= 11 is 3.46. The molecule has 0 saturated heterocycles. The van der Waals surface area contributed by atoms with E-state index < -0.39 is 18.0 Å². The largest absolute Gasteiger partial charge is 0.481 e. The maximum absolute atomic E-state index is 11.6. The second kappa shape index (κ2) is 6.56. The van der Waals surface area contributed by atoms with E-state index in [0.717, 1.165) is 15.6 Å². The van der Waals surface area contributed by atoms with Crippen LogP contribution in [0.15, 0.2) is 16.6 Å². The fraction of sp³-hybridized carbons (Fsp3) is 0.385. The summed E-state index contributed by atoms with van der Waals surface area (Å²) in [5.41, 5.74) is 2.04. The Morgan fingerprint density at radius 2 is 1.79 bits per heavy atom. The molecule has 0 heterocycles. The summed E-state index contributed by atoms with van der Waals surface area (Å²) in [6.07, 6.45) is -0.753.